The number of hydrogen-bond acceptors (Lipinski definition) is 5. The number of likely N-dealkylation sites (N-methyl/N-ethyl adjacent to an activating group) is 1. The van der Waals surface area contributed by atoms with Crippen molar-refractivity contribution in [3.8, 4) is 0 Å². The highest BCUT2D eigenvalue weighted by Gasteiger charge is 2.33. The van der Waals surface area contributed by atoms with E-state index in [0.29, 0.717) is 26.1 Å². The zero-order valence-corrected chi connectivity index (χ0v) is 14.7. The largest absolute Gasteiger partial charge is 0.343 e. The van der Waals surface area contributed by atoms with Gasteiger partial charge in [0.05, 0.1) is 10.7 Å². The lowest BCUT2D eigenvalue weighted by Gasteiger charge is -2.28. The van der Waals surface area contributed by atoms with Crippen molar-refractivity contribution in [2.45, 2.75) is 38.6 Å². The summed E-state index contributed by atoms with van der Waals surface area (Å²) in [5, 5.41) is 7.08. The van der Waals surface area contributed by atoms with Crippen LogP contribution in [0.3, 0.4) is 0 Å². The second-order valence-corrected chi connectivity index (χ2v) is 7.31. The molecule has 24 heavy (non-hydrogen) atoms. The molecule has 1 amide bonds. The molecule has 0 saturated carbocycles. The van der Waals surface area contributed by atoms with Crippen molar-refractivity contribution in [3.63, 3.8) is 0 Å². The predicted molar refractivity (Wildman–Crippen MR) is 90.4 cm³/mol. The van der Waals surface area contributed by atoms with Gasteiger partial charge in [-0.1, -0.05) is 0 Å². The van der Waals surface area contributed by atoms with Gasteiger partial charge in [-0.05, 0) is 19.4 Å². The highest BCUT2D eigenvalue weighted by atomic mass is 32.1. The summed E-state index contributed by atoms with van der Waals surface area (Å²) in [6.45, 7) is 3.73. The molecule has 6 nitrogen and oxygen atoms in total. The fraction of sp³-hybridized carbons (Fsp3) is 0.562. The van der Waals surface area contributed by atoms with Gasteiger partial charge in [0.15, 0.2) is 0 Å². The van der Waals surface area contributed by atoms with Gasteiger partial charge >= 0.3 is 0 Å². The van der Waals surface area contributed by atoms with E-state index in [1.165, 1.54) is 0 Å². The Balaban J connectivity index is 1.58. The average Bonchev–Trinajstić information content (AvgIpc) is 3.23. The minimum absolute atomic E-state index is 0.0218. The summed E-state index contributed by atoms with van der Waals surface area (Å²) in [6.07, 6.45) is 3.03. The molecule has 1 aliphatic heterocycles. The van der Waals surface area contributed by atoms with E-state index in [2.05, 4.69) is 15.0 Å². The molecular weight excluding hydrogens is 329 g/mol. The lowest BCUT2D eigenvalue weighted by molar-refractivity contribution is -0.131. The summed E-state index contributed by atoms with van der Waals surface area (Å²) >= 11 is 1.60. The average molecular weight is 351 g/mol. The Morgan fingerprint density at radius 1 is 1.54 bits per heavy atom. The topological polar surface area (TPSA) is 54.3 Å². The molecule has 2 aromatic heterocycles. The van der Waals surface area contributed by atoms with Gasteiger partial charge in [-0.3, -0.25) is 14.4 Å². The number of carbonyl (C=O) groups excluding carboxylic acids is 1. The molecule has 2 atom stereocenters. The van der Waals surface area contributed by atoms with Crippen molar-refractivity contribution in [2.24, 2.45) is 0 Å². The van der Waals surface area contributed by atoms with Crippen molar-refractivity contribution in [2.75, 3.05) is 20.1 Å². The highest BCUT2D eigenvalue weighted by molar-refractivity contribution is 7.09. The summed E-state index contributed by atoms with van der Waals surface area (Å²) < 4.78 is 15.5. The first-order valence-electron chi connectivity index (χ1n) is 8.02. The third kappa shape index (κ3) is 4.18. The Bertz CT molecular complexity index is 674. The van der Waals surface area contributed by atoms with E-state index in [9.17, 15) is 9.18 Å². The van der Waals surface area contributed by atoms with Gasteiger partial charge in [-0.15, -0.1) is 11.3 Å². The van der Waals surface area contributed by atoms with E-state index in [0.717, 1.165) is 10.7 Å². The van der Waals surface area contributed by atoms with Crippen LogP contribution in [0, 0.1) is 6.92 Å². The van der Waals surface area contributed by atoms with Crippen molar-refractivity contribution >= 4 is 17.2 Å². The quantitative estimate of drug-likeness (QED) is 0.795. The monoisotopic (exact) mass is 351 g/mol. The van der Waals surface area contributed by atoms with Crippen LogP contribution in [-0.4, -0.2) is 62.8 Å². The standard InChI is InChI=1S/C16H22FN5OS/c1-12-19-14(11-24-12)8-21-7-13(17)6-15(21)9-20(2)16(23)10-22-5-3-4-18-22/h3-5,11,13,15H,6-10H2,1-2H3/t13-,15-/m0/s1. The first-order chi connectivity index (χ1) is 11.5. The lowest BCUT2D eigenvalue weighted by atomic mass is 10.2. The third-order valence-corrected chi connectivity index (χ3v) is 5.10. The number of aromatic nitrogens is 3. The van der Waals surface area contributed by atoms with Gasteiger partial charge in [0.1, 0.15) is 12.7 Å². The van der Waals surface area contributed by atoms with Crippen LogP contribution in [-0.2, 0) is 17.9 Å². The number of rotatable bonds is 6. The number of thiazole rings is 1. The van der Waals surface area contributed by atoms with Crippen LogP contribution in [0.15, 0.2) is 23.8 Å². The normalized spacial score (nSPS) is 21.3. The zero-order chi connectivity index (χ0) is 17.1. The van der Waals surface area contributed by atoms with Crippen LogP contribution in [0.2, 0.25) is 0 Å². The Morgan fingerprint density at radius 2 is 2.38 bits per heavy atom. The van der Waals surface area contributed by atoms with Gasteiger partial charge in [0, 0.05) is 50.5 Å². The van der Waals surface area contributed by atoms with E-state index in [1.54, 1.807) is 46.4 Å². The number of alkyl halides is 1. The molecule has 3 heterocycles. The molecule has 1 fully saturated rings. The maximum Gasteiger partial charge on any atom is 0.244 e. The molecule has 0 bridgehead atoms. The number of carbonyl (C=O) groups is 1. The summed E-state index contributed by atoms with van der Waals surface area (Å²) in [4.78, 5) is 20.5. The SMILES string of the molecule is Cc1nc(CN2C[C@@H](F)C[C@H]2CN(C)C(=O)Cn2cccn2)cs1. The number of aryl methyl sites for hydroxylation is 1. The van der Waals surface area contributed by atoms with Crippen LogP contribution in [0.25, 0.3) is 0 Å². The lowest BCUT2D eigenvalue weighted by Crippen LogP contribution is -2.42. The molecule has 0 spiro atoms. The van der Waals surface area contributed by atoms with Crippen LogP contribution < -0.4 is 0 Å². The summed E-state index contributed by atoms with van der Waals surface area (Å²) in [7, 11) is 1.77. The van der Waals surface area contributed by atoms with Crippen LogP contribution in [0.4, 0.5) is 4.39 Å². The smallest absolute Gasteiger partial charge is 0.244 e. The molecule has 0 N–H and O–H groups in total. The summed E-state index contributed by atoms with van der Waals surface area (Å²) in [5.74, 6) is -0.0227. The molecule has 0 aliphatic carbocycles. The highest BCUT2D eigenvalue weighted by Crippen LogP contribution is 2.24. The Kier molecular flexibility index (Phi) is 5.25. The molecule has 1 aliphatic rings. The Hall–Kier alpha value is -1.80. The van der Waals surface area contributed by atoms with E-state index in [4.69, 9.17) is 0 Å². The minimum atomic E-state index is -0.843. The van der Waals surface area contributed by atoms with Crippen molar-refractivity contribution < 1.29 is 9.18 Å². The van der Waals surface area contributed by atoms with Gasteiger partial charge < -0.3 is 4.90 Å². The number of hydrogen-bond donors (Lipinski definition) is 0. The number of likely N-dealkylation sites (tertiary alicyclic amines) is 1. The van der Waals surface area contributed by atoms with E-state index in [1.807, 2.05) is 12.3 Å². The first-order valence-corrected chi connectivity index (χ1v) is 8.89. The van der Waals surface area contributed by atoms with Crippen LogP contribution >= 0.6 is 11.3 Å². The Morgan fingerprint density at radius 3 is 3.04 bits per heavy atom. The maximum atomic E-state index is 13.9. The molecule has 2 aromatic rings. The molecule has 0 radical (unpaired) electrons. The molecule has 0 unspecified atom stereocenters. The fourth-order valence-electron chi connectivity index (χ4n) is 3.07. The maximum absolute atomic E-state index is 13.9. The summed E-state index contributed by atoms with van der Waals surface area (Å²) in [5.41, 5.74) is 0.974. The second kappa shape index (κ2) is 7.40. The molecule has 130 valence electrons. The van der Waals surface area contributed by atoms with Gasteiger partial charge in [0.2, 0.25) is 5.91 Å². The number of nitrogens with zero attached hydrogens (tertiary/aromatic N) is 5. The van der Waals surface area contributed by atoms with Crippen LogP contribution in [0.5, 0.6) is 0 Å². The van der Waals surface area contributed by atoms with Crippen molar-refractivity contribution in [1.29, 1.82) is 0 Å². The van der Waals surface area contributed by atoms with Crippen LogP contribution in [0.1, 0.15) is 17.1 Å². The predicted octanol–water partition coefficient (Wildman–Crippen LogP) is 1.72. The van der Waals surface area contributed by atoms with E-state index >= 15 is 0 Å². The van der Waals surface area contributed by atoms with Gasteiger partial charge in [0.25, 0.3) is 0 Å². The van der Waals surface area contributed by atoms with Gasteiger partial charge in [-0.2, -0.15) is 5.10 Å². The van der Waals surface area contributed by atoms with Crippen molar-refractivity contribution in [3.05, 3.63) is 34.5 Å². The molecule has 1 saturated heterocycles. The summed E-state index contributed by atoms with van der Waals surface area (Å²) in [6, 6.07) is 1.81. The molecule has 0 aromatic carbocycles. The molecule has 3 rings (SSSR count). The third-order valence-electron chi connectivity index (χ3n) is 4.28. The second-order valence-electron chi connectivity index (χ2n) is 6.25. The Labute approximate surface area is 144 Å². The fourth-order valence-corrected chi connectivity index (χ4v) is 3.67. The van der Waals surface area contributed by atoms with E-state index in [-0.39, 0.29) is 18.5 Å². The first kappa shape index (κ1) is 17.0. The minimum Gasteiger partial charge on any atom is -0.343 e. The number of halogens is 1. The molecular formula is C16H22FN5OS. The van der Waals surface area contributed by atoms with E-state index < -0.39 is 6.17 Å². The molecule has 8 heteroatoms. The number of amides is 1. The zero-order valence-electron chi connectivity index (χ0n) is 13.9. The van der Waals surface area contributed by atoms with Gasteiger partial charge in [-0.25, -0.2) is 9.37 Å². The van der Waals surface area contributed by atoms with Crippen molar-refractivity contribution in [1.82, 2.24) is 24.6 Å².